The highest BCUT2D eigenvalue weighted by atomic mass is 32.2. The van der Waals surface area contributed by atoms with E-state index in [1.165, 1.54) is 18.3 Å². The number of H-pyrrole nitrogens is 1. The molecule has 2 bridgehead atoms. The van der Waals surface area contributed by atoms with E-state index in [4.69, 9.17) is 4.74 Å². The number of methoxy groups -OCH3 is 1. The number of fused-ring (bicyclic) bond motifs is 9. The first-order chi connectivity index (χ1) is 15.8. The van der Waals surface area contributed by atoms with Gasteiger partial charge in [-0.15, -0.1) is 11.8 Å². The molecule has 8 nitrogen and oxygen atoms in total. The largest absolute Gasteiger partial charge is 0.497 e. The maximum absolute atomic E-state index is 13.3. The fraction of sp³-hybridized carbons (Fsp3) is 0.478. The molecule has 1 aromatic carbocycles. The number of imide groups is 1. The first kappa shape index (κ1) is 21.0. The zero-order valence-corrected chi connectivity index (χ0v) is 19.5. The maximum atomic E-state index is 13.3. The van der Waals surface area contributed by atoms with Gasteiger partial charge in [0, 0.05) is 16.0 Å². The van der Waals surface area contributed by atoms with E-state index in [1.807, 2.05) is 24.3 Å². The topological polar surface area (TPSA) is 117 Å². The summed E-state index contributed by atoms with van der Waals surface area (Å²) in [6, 6.07) is 6.65. The van der Waals surface area contributed by atoms with Gasteiger partial charge in [0.25, 0.3) is 0 Å². The molecule has 1 saturated heterocycles. The van der Waals surface area contributed by atoms with Crippen LogP contribution in [0.3, 0.4) is 0 Å². The summed E-state index contributed by atoms with van der Waals surface area (Å²) >= 11 is 2.83. The minimum absolute atomic E-state index is 0.0188. The molecule has 2 N–H and O–H groups in total. The summed E-state index contributed by atoms with van der Waals surface area (Å²) < 4.78 is 5.31. The van der Waals surface area contributed by atoms with Gasteiger partial charge in [-0.3, -0.25) is 19.3 Å². The number of aromatic amines is 1. The fourth-order valence-electron chi connectivity index (χ4n) is 6.72. The fourth-order valence-corrected chi connectivity index (χ4v) is 9.61. The number of hydrogen-bond donors (Lipinski definition) is 2. The molecule has 4 aliphatic rings. The van der Waals surface area contributed by atoms with E-state index in [2.05, 4.69) is 4.98 Å². The number of aromatic nitrogens is 1. The molecule has 0 spiro atoms. The summed E-state index contributed by atoms with van der Waals surface area (Å²) in [5.74, 6) is -2.11. The van der Waals surface area contributed by atoms with Crippen LogP contribution < -0.4 is 9.61 Å². The van der Waals surface area contributed by atoms with Crippen molar-refractivity contribution >= 4 is 40.9 Å². The molecule has 0 unspecified atom stereocenters. The van der Waals surface area contributed by atoms with Gasteiger partial charge >= 0.3 is 10.8 Å². The molecule has 1 aromatic heterocycles. The van der Waals surface area contributed by atoms with Gasteiger partial charge in [-0.25, -0.2) is 4.79 Å². The van der Waals surface area contributed by atoms with Gasteiger partial charge in [0.1, 0.15) is 11.8 Å². The van der Waals surface area contributed by atoms with Crippen molar-refractivity contribution in [2.75, 3.05) is 7.11 Å². The number of thiazole rings is 1. The van der Waals surface area contributed by atoms with Crippen LogP contribution in [-0.4, -0.2) is 51.2 Å². The van der Waals surface area contributed by atoms with Crippen LogP contribution in [0, 0.1) is 29.6 Å². The van der Waals surface area contributed by atoms with Crippen LogP contribution in [0.5, 0.6) is 5.75 Å². The maximum Gasteiger partial charge on any atom is 0.326 e. The summed E-state index contributed by atoms with van der Waals surface area (Å²) in [5, 5.41) is 10.4. The lowest BCUT2D eigenvalue weighted by Gasteiger charge is -2.43. The SMILES string of the molecule is COc1ccc([C@@H]2c3sc(=O)[nH]c3S[C@@H]3[C@@H]4C[C@@H]([C@H]5C(=O)N([C@H](C)C(=O)O)C(=O)[C@@H]45)[C@@H]23)cc1. The Kier molecular flexibility index (Phi) is 4.58. The monoisotopic (exact) mass is 486 g/mol. The van der Waals surface area contributed by atoms with E-state index in [0.717, 1.165) is 32.5 Å². The molecule has 6 rings (SSSR count). The van der Waals surface area contributed by atoms with Crippen molar-refractivity contribution in [2.45, 2.75) is 35.6 Å². The van der Waals surface area contributed by atoms with E-state index < -0.39 is 23.8 Å². The number of carboxylic acids is 1. The highest BCUT2D eigenvalue weighted by molar-refractivity contribution is 8.00. The van der Waals surface area contributed by atoms with Gasteiger partial charge in [-0.1, -0.05) is 23.5 Å². The van der Waals surface area contributed by atoms with E-state index in [9.17, 15) is 24.3 Å². The molecule has 2 aliphatic heterocycles. The number of carboxylic acid groups (broad SMARTS) is 1. The van der Waals surface area contributed by atoms with Crippen LogP contribution in [0.4, 0.5) is 0 Å². The molecule has 3 heterocycles. The highest BCUT2D eigenvalue weighted by Crippen LogP contribution is 2.68. The molecule has 33 heavy (non-hydrogen) atoms. The number of nitrogens with zero attached hydrogens (tertiary/aromatic N) is 1. The number of aliphatic carboxylic acids is 1. The Hall–Kier alpha value is -2.59. The second kappa shape index (κ2) is 7.20. The van der Waals surface area contributed by atoms with Crippen molar-refractivity contribution in [3.63, 3.8) is 0 Å². The highest BCUT2D eigenvalue weighted by Gasteiger charge is 2.70. The number of likely N-dealkylation sites (tertiary alicyclic amines) is 1. The van der Waals surface area contributed by atoms with Gasteiger partial charge in [-0.05, 0) is 48.8 Å². The van der Waals surface area contributed by atoms with Gasteiger partial charge in [0.15, 0.2) is 0 Å². The number of rotatable bonds is 4. The van der Waals surface area contributed by atoms with E-state index in [-0.39, 0.29) is 45.6 Å². The van der Waals surface area contributed by atoms with Crippen LogP contribution in [0.15, 0.2) is 34.1 Å². The molecule has 2 aromatic rings. The predicted molar refractivity (Wildman–Crippen MR) is 120 cm³/mol. The molecule has 10 heteroatoms. The Labute approximate surface area is 197 Å². The first-order valence-corrected chi connectivity index (χ1v) is 12.6. The minimum Gasteiger partial charge on any atom is -0.497 e. The molecule has 3 fully saturated rings. The van der Waals surface area contributed by atoms with Crippen LogP contribution in [-0.2, 0) is 14.4 Å². The lowest BCUT2D eigenvalue weighted by atomic mass is 9.68. The average Bonchev–Trinajstić information content (AvgIpc) is 3.52. The molecule has 2 aliphatic carbocycles. The lowest BCUT2D eigenvalue weighted by molar-refractivity contribution is -0.154. The number of thioether (sulfide) groups is 1. The third-order valence-electron chi connectivity index (χ3n) is 7.98. The van der Waals surface area contributed by atoms with Crippen molar-refractivity contribution < 1.29 is 24.2 Å². The Morgan fingerprint density at radius 2 is 1.82 bits per heavy atom. The van der Waals surface area contributed by atoms with E-state index in [1.54, 1.807) is 18.9 Å². The van der Waals surface area contributed by atoms with Crippen molar-refractivity contribution in [1.82, 2.24) is 9.88 Å². The zero-order chi connectivity index (χ0) is 23.2. The van der Waals surface area contributed by atoms with Crippen LogP contribution in [0.25, 0.3) is 0 Å². The molecular weight excluding hydrogens is 464 g/mol. The van der Waals surface area contributed by atoms with Gasteiger partial charge in [-0.2, -0.15) is 0 Å². The Balaban J connectivity index is 1.44. The number of carbonyl (C=O) groups excluding carboxylic acids is 2. The molecule has 8 atom stereocenters. The van der Waals surface area contributed by atoms with E-state index >= 15 is 0 Å². The summed E-state index contributed by atoms with van der Waals surface area (Å²) in [4.78, 5) is 55.3. The van der Waals surface area contributed by atoms with Crippen LogP contribution in [0.1, 0.15) is 29.7 Å². The Morgan fingerprint density at radius 3 is 2.45 bits per heavy atom. The molecule has 2 saturated carbocycles. The third kappa shape index (κ3) is 2.76. The van der Waals surface area contributed by atoms with Gasteiger partial charge in [0.2, 0.25) is 11.8 Å². The summed E-state index contributed by atoms with van der Waals surface area (Å²) in [6.45, 7) is 1.39. The standard InChI is InChI=1S/C23H22N2O6S2/c1-8(22(28)29)25-20(26)15-11-7-12(16(15)21(25)27)17-14(11)13(9-3-5-10(31-2)6-4-9)18-19(32-17)24-23(30)33-18/h3-6,8,11-17H,7H2,1-2H3,(H,24,30)(H,28,29)/t8-,11-,12-,13+,14+,15-,16+,17-/m1/s1. The summed E-state index contributed by atoms with van der Waals surface area (Å²) in [5.41, 5.74) is 1.05. The molecule has 0 radical (unpaired) electrons. The second-order valence-corrected chi connectivity index (χ2v) is 11.5. The van der Waals surface area contributed by atoms with Crippen molar-refractivity contribution in [3.8, 4) is 5.75 Å². The molecular formula is C23H22N2O6S2. The van der Waals surface area contributed by atoms with Gasteiger partial charge < -0.3 is 14.8 Å². The molecule has 172 valence electrons. The lowest BCUT2D eigenvalue weighted by Crippen LogP contribution is -2.44. The van der Waals surface area contributed by atoms with Crippen LogP contribution >= 0.6 is 23.1 Å². The number of carbonyl (C=O) groups is 3. The number of nitrogens with one attached hydrogen (secondary N) is 1. The van der Waals surface area contributed by atoms with E-state index in [0.29, 0.717) is 0 Å². The minimum atomic E-state index is -1.17. The summed E-state index contributed by atoms with van der Waals surface area (Å²) in [6.07, 6.45) is 0.774. The van der Waals surface area contributed by atoms with Crippen molar-refractivity contribution in [2.24, 2.45) is 29.6 Å². The predicted octanol–water partition coefficient (Wildman–Crippen LogP) is 2.39. The average molecular weight is 487 g/mol. The zero-order valence-electron chi connectivity index (χ0n) is 17.9. The smallest absolute Gasteiger partial charge is 0.326 e. The van der Waals surface area contributed by atoms with Crippen molar-refractivity contribution in [1.29, 1.82) is 0 Å². The Morgan fingerprint density at radius 1 is 1.15 bits per heavy atom. The third-order valence-corrected chi connectivity index (χ3v) is 10.6. The second-order valence-electron chi connectivity index (χ2n) is 9.29. The number of hydrogen-bond acceptors (Lipinski definition) is 7. The quantitative estimate of drug-likeness (QED) is 0.638. The first-order valence-electron chi connectivity index (χ1n) is 10.9. The van der Waals surface area contributed by atoms with Crippen LogP contribution in [0.2, 0.25) is 0 Å². The number of benzene rings is 1. The van der Waals surface area contributed by atoms with Gasteiger partial charge in [0.05, 0.1) is 24.0 Å². The number of amides is 2. The number of ether oxygens (including phenoxy) is 1. The molecule has 2 amide bonds. The normalized spacial score (nSPS) is 34.7. The summed E-state index contributed by atoms with van der Waals surface area (Å²) in [7, 11) is 1.61. The van der Waals surface area contributed by atoms with Crippen molar-refractivity contribution in [3.05, 3.63) is 44.4 Å². The Bertz CT molecular complexity index is 1240.